The zero-order valence-corrected chi connectivity index (χ0v) is 7.94. The molecule has 2 aromatic rings. The van der Waals surface area contributed by atoms with Crippen molar-refractivity contribution in [2.24, 2.45) is 5.92 Å². The second-order valence-electron chi connectivity index (χ2n) is 3.67. The molecule has 0 unspecified atom stereocenters. The third-order valence-electron chi connectivity index (χ3n) is 1.95. The summed E-state index contributed by atoms with van der Waals surface area (Å²) in [4.78, 5) is 8.48. The highest BCUT2D eigenvalue weighted by Crippen LogP contribution is 2.06. The molecule has 0 saturated heterocycles. The summed E-state index contributed by atoms with van der Waals surface area (Å²) in [7, 11) is 0. The van der Waals surface area contributed by atoms with Gasteiger partial charge in [0.25, 0.3) is 0 Å². The Labute approximate surface area is 77.4 Å². The van der Waals surface area contributed by atoms with Crippen LogP contribution in [0.1, 0.15) is 19.5 Å². The molecule has 0 atom stereocenters. The van der Waals surface area contributed by atoms with E-state index in [1.165, 1.54) is 0 Å². The molecule has 0 aliphatic carbocycles. The van der Waals surface area contributed by atoms with Gasteiger partial charge in [-0.25, -0.2) is 4.98 Å². The van der Waals surface area contributed by atoms with Crippen molar-refractivity contribution in [3.63, 3.8) is 0 Å². The molecule has 0 N–H and O–H groups in total. The van der Waals surface area contributed by atoms with Crippen molar-refractivity contribution in [2.75, 3.05) is 0 Å². The van der Waals surface area contributed by atoms with E-state index < -0.39 is 0 Å². The number of imidazole rings is 1. The monoisotopic (exact) mass is 175 g/mol. The Morgan fingerprint density at radius 1 is 1.38 bits per heavy atom. The second kappa shape index (κ2) is 3.17. The molecule has 2 aromatic heterocycles. The first kappa shape index (κ1) is 8.23. The van der Waals surface area contributed by atoms with Crippen LogP contribution in [0.15, 0.2) is 24.8 Å². The summed E-state index contributed by atoms with van der Waals surface area (Å²) in [6.45, 7) is 4.39. The van der Waals surface area contributed by atoms with Gasteiger partial charge in [-0.15, -0.1) is 0 Å². The number of rotatable bonds is 2. The number of hydrogen-bond donors (Lipinski definition) is 0. The maximum Gasteiger partial charge on any atom is 0.155 e. The van der Waals surface area contributed by atoms with Gasteiger partial charge in [0, 0.05) is 18.6 Å². The molecule has 0 fully saturated rings. The molecule has 0 amide bonds. The van der Waals surface area contributed by atoms with Gasteiger partial charge in [-0.3, -0.25) is 4.98 Å². The SMILES string of the molecule is CC(C)Cc1cn2ccnc2cn1. The van der Waals surface area contributed by atoms with Crippen LogP contribution in [0.3, 0.4) is 0 Å². The topological polar surface area (TPSA) is 30.2 Å². The van der Waals surface area contributed by atoms with Crippen LogP contribution in [0, 0.1) is 5.92 Å². The average Bonchev–Trinajstić information content (AvgIpc) is 2.49. The van der Waals surface area contributed by atoms with Gasteiger partial charge in [0.1, 0.15) is 0 Å². The lowest BCUT2D eigenvalue weighted by Crippen LogP contribution is -1.99. The van der Waals surface area contributed by atoms with Gasteiger partial charge in [0.05, 0.1) is 11.9 Å². The molecule has 0 spiro atoms. The molecule has 0 aliphatic rings. The minimum absolute atomic E-state index is 0.647. The zero-order chi connectivity index (χ0) is 9.26. The lowest BCUT2D eigenvalue weighted by molar-refractivity contribution is 0.632. The lowest BCUT2D eigenvalue weighted by Gasteiger charge is -2.03. The predicted molar refractivity (Wildman–Crippen MR) is 51.5 cm³/mol. The first-order valence-corrected chi connectivity index (χ1v) is 4.53. The fraction of sp³-hybridized carbons (Fsp3) is 0.400. The molecule has 0 saturated carbocycles. The standard InChI is InChI=1S/C10H13N3/c1-8(2)5-9-7-13-4-3-11-10(13)6-12-9/h3-4,6-8H,5H2,1-2H3. The lowest BCUT2D eigenvalue weighted by atomic mass is 10.1. The first-order valence-electron chi connectivity index (χ1n) is 4.53. The summed E-state index contributed by atoms with van der Waals surface area (Å²) in [6.07, 6.45) is 8.62. The summed E-state index contributed by atoms with van der Waals surface area (Å²) in [6, 6.07) is 0. The summed E-state index contributed by atoms with van der Waals surface area (Å²) >= 11 is 0. The Morgan fingerprint density at radius 2 is 2.23 bits per heavy atom. The Hall–Kier alpha value is -1.38. The van der Waals surface area contributed by atoms with Crippen molar-refractivity contribution in [1.82, 2.24) is 14.4 Å². The van der Waals surface area contributed by atoms with Gasteiger partial charge in [-0.2, -0.15) is 0 Å². The van der Waals surface area contributed by atoms with Crippen LogP contribution in [0.25, 0.3) is 5.65 Å². The summed E-state index contributed by atoms with van der Waals surface area (Å²) in [5.74, 6) is 0.647. The molecule has 0 bridgehead atoms. The average molecular weight is 175 g/mol. The smallest absolute Gasteiger partial charge is 0.155 e. The van der Waals surface area contributed by atoms with Crippen LogP contribution in [-0.4, -0.2) is 14.4 Å². The Balaban J connectivity index is 2.37. The van der Waals surface area contributed by atoms with E-state index in [4.69, 9.17) is 0 Å². The minimum atomic E-state index is 0.647. The number of aromatic nitrogens is 3. The van der Waals surface area contributed by atoms with Crippen molar-refractivity contribution in [2.45, 2.75) is 20.3 Å². The first-order chi connectivity index (χ1) is 6.25. The van der Waals surface area contributed by atoms with Gasteiger partial charge in [0.15, 0.2) is 5.65 Å². The largest absolute Gasteiger partial charge is 0.304 e. The van der Waals surface area contributed by atoms with E-state index in [1.54, 1.807) is 6.20 Å². The summed E-state index contributed by atoms with van der Waals surface area (Å²) < 4.78 is 2.00. The highest BCUT2D eigenvalue weighted by molar-refractivity contribution is 5.34. The third kappa shape index (κ3) is 1.69. The van der Waals surface area contributed by atoms with Gasteiger partial charge in [-0.1, -0.05) is 13.8 Å². The predicted octanol–water partition coefficient (Wildman–Crippen LogP) is 1.93. The molecular formula is C10H13N3. The van der Waals surface area contributed by atoms with Gasteiger partial charge >= 0.3 is 0 Å². The van der Waals surface area contributed by atoms with Crippen LogP contribution < -0.4 is 0 Å². The second-order valence-corrected chi connectivity index (χ2v) is 3.67. The van der Waals surface area contributed by atoms with Gasteiger partial charge < -0.3 is 4.40 Å². The van der Waals surface area contributed by atoms with E-state index in [2.05, 4.69) is 23.8 Å². The Morgan fingerprint density at radius 3 is 3.00 bits per heavy atom. The van der Waals surface area contributed by atoms with E-state index >= 15 is 0 Å². The van der Waals surface area contributed by atoms with Crippen LogP contribution in [-0.2, 0) is 6.42 Å². The van der Waals surface area contributed by atoms with Gasteiger partial charge in [0.2, 0.25) is 0 Å². The van der Waals surface area contributed by atoms with Crippen LogP contribution in [0.4, 0.5) is 0 Å². The highest BCUT2D eigenvalue weighted by atomic mass is 15.0. The molecule has 68 valence electrons. The molecule has 0 aliphatic heterocycles. The van der Waals surface area contributed by atoms with Crippen molar-refractivity contribution < 1.29 is 0 Å². The Kier molecular flexibility index (Phi) is 2.00. The van der Waals surface area contributed by atoms with Crippen LogP contribution >= 0.6 is 0 Å². The molecular weight excluding hydrogens is 162 g/mol. The molecule has 0 aromatic carbocycles. The molecule has 2 heterocycles. The van der Waals surface area contributed by atoms with Crippen LogP contribution in [0.2, 0.25) is 0 Å². The molecule has 13 heavy (non-hydrogen) atoms. The van der Waals surface area contributed by atoms with E-state index in [1.807, 2.05) is 23.0 Å². The number of nitrogens with zero attached hydrogens (tertiary/aromatic N) is 3. The fourth-order valence-corrected chi connectivity index (χ4v) is 1.39. The Bertz CT molecular complexity index is 403. The third-order valence-corrected chi connectivity index (χ3v) is 1.95. The van der Waals surface area contributed by atoms with E-state index in [9.17, 15) is 0 Å². The van der Waals surface area contributed by atoms with E-state index in [0.29, 0.717) is 5.92 Å². The van der Waals surface area contributed by atoms with E-state index in [-0.39, 0.29) is 0 Å². The quantitative estimate of drug-likeness (QED) is 0.698. The van der Waals surface area contributed by atoms with Crippen molar-refractivity contribution in [1.29, 1.82) is 0 Å². The summed E-state index contributed by atoms with van der Waals surface area (Å²) in [5, 5.41) is 0. The normalized spacial score (nSPS) is 11.3. The zero-order valence-electron chi connectivity index (χ0n) is 7.94. The highest BCUT2D eigenvalue weighted by Gasteiger charge is 2.00. The molecule has 3 nitrogen and oxygen atoms in total. The van der Waals surface area contributed by atoms with Crippen molar-refractivity contribution in [3.05, 3.63) is 30.5 Å². The van der Waals surface area contributed by atoms with E-state index in [0.717, 1.165) is 17.8 Å². The number of hydrogen-bond acceptors (Lipinski definition) is 2. The fourth-order valence-electron chi connectivity index (χ4n) is 1.39. The van der Waals surface area contributed by atoms with Crippen LogP contribution in [0.5, 0.6) is 0 Å². The van der Waals surface area contributed by atoms with Crippen molar-refractivity contribution >= 4 is 5.65 Å². The summed E-state index contributed by atoms with van der Waals surface area (Å²) in [5.41, 5.74) is 2.04. The maximum absolute atomic E-state index is 4.34. The molecule has 0 radical (unpaired) electrons. The molecule has 3 heteroatoms. The van der Waals surface area contributed by atoms with Crippen molar-refractivity contribution in [3.8, 4) is 0 Å². The maximum atomic E-state index is 4.34. The minimum Gasteiger partial charge on any atom is -0.304 e. The van der Waals surface area contributed by atoms with Gasteiger partial charge in [-0.05, 0) is 12.3 Å². The molecule has 2 rings (SSSR count). The number of fused-ring (bicyclic) bond motifs is 1.